The second-order valence-corrected chi connectivity index (χ2v) is 7.99. The van der Waals surface area contributed by atoms with E-state index in [-0.39, 0.29) is 30.5 Å². The van der Waals surface area contributed by atoms with Crippen molar-refractivity contribution in [2.24, 2.45) is 0 Å². The molecule has 2 N–H and O–H groups in total. The first-order valence-electron chi connectivity index (χ1n) is 10.1. The van der Waals surface area contributed by atoms with E-state index in [1.807, 2.05) is 4.90 Å². The first-order valence-corrected chi connectivity index (χ1v) is 10.1. The van der Waals surface area contributed by atoms with Gasteiger partial charge in [0, 0.05) is 38.8 Å². The predicted octanol–water partition coefficient (Wildman–Crippen LogP) is 0.508. The number of hydrogen-bond acceptors (Lipinski definition) is 5. The number of rotatable bonds is 5. The Morgan fingerprint density at radius 3 is 2.46 bits per heavy atom. The van der Waals surface area contributed by atoms with Gasteiger partial charge >= 0.3 is 0 Å². The molecule has 3 rings (SSSR count). The molecule has 0 aromatic rings. The Morgan fingerprint density at radius 2 is 1.81 bits per heavy atom. The van der Waals surface area contributed by atoms with E-state index in [1.165, 1.54) is 26.4 Å². The summed E-state index contributed by atoms with van der Waals surface area (Å²) in [5.41, 5.74) is 0. The average Bonchev–Trinajstić information content (AvgIpc) is 3.05. The van der Waals surface area contributed by atoms with E-state index in [0.717, 1.165) is 25.7 Å². The zero-order valence-corrected chi connectivity index (χ0v) is 15.9. The summed E-state index contributed by atoms with van der Waals surface area (Å²) in [6.07, 6.45) is 7.55. The summed E-state index contributed by atoms with van der Waals surface area (Å²) in [6.45, 7) is 2.06. The van der Waals surface area contributed by atoms with E-state index in [0.29, 0.717) is 32.1 Å². The summed E-state index contributed by atoms with van der Waals surface area (Å²) in [6, 6.07) is 0.309. The average molecular weight is 367 g/mol. The Hall–Kier alpha value is -1.18. The highest BCUT2D eigenvalue weighted by Crippen LogP contribution is 2.27. The molecule has 7 heteroatoms. The van der Waals surface area contributed by atoms with Gasteiger partial charge in [-0.25, -0.2) is 0 Å². The number of carbonyl (C=O) groups is 2. The molecule has 0 aromatic heterocycles. The minimum Gasteiger partial charge on any atom is -0.392 e. The van der Waals surface area contributed by atoms with Crippen molar-refractivity contribution in [1.82, 2.24) is 15.1 Å². The summed E-state index contributed by atoms with van der Waals surface area (Å²) in [5.74, 6) is 0.102. The van der Waals surface area contributed by atoms with Crippen LogP contribution in [0.3, 0.4) is 0 Å². The zero-order chi connectivity index (χ0) is 18.5. The summed E-state index contributed by atoms with van der Waals surface area (Å²) in [7, 11) is 1.53. The molecule has 26 heavy (non-hydrogen) atoms. The van der Waals surface area contributed by atoms with Crippen LogP contribution in [0.25, 0.3) is 0 Å². The number of likely N-dealkylation sites (tertiary alicyclic amines) is 2. The van der Waals surface area contributed by atoms with E-state index in [2.05, 4.69) is 10.2 Å². The van der Waals surface area contributed by atoms with Crippen molar-refractivity contribution in [2.75, 3.05) is 33.4 Å². The topological polar surface area (TPSA) is 82.1 Å². The van der Waals surface area contributed by atoms with Crippen LogP contribution in [0.4, 0.5) is 0 Å². The highest BCUT2D eigenvalue weighted by molar-refractivity contribution is 5.82. The van der Waals surface area contributed by atoms with Gasteiger partial charge in [0.1, 0.15) is 6.61 Å². The summed E-state index contributed by atoms with van der Waals surface area (Å²) >= 11 is 0. The normalized spacial score (nSPS) is 29.1. The van der Waals surface area contributed by atoms with Crippen LogP contribution >= 0.6 is 0 Å². The molecule has 0 unspecified atom stereocenters. The molecule has 148 valence electrons. The molecule has 2 saturated heterocycles. The lowest BCUT2D eigenvalue weighted by Gasteiger charge is -2.39. The maximum absolute atomic E-state index is 12.8. The number of nitrogens with zero attached hydrogens (tertiary/aromatic N) is 2. The monoisotopic (exact) mass is 367 g/mol. The van der Waals surface area contributed by atoms with Gasteiger partial charge in [0.15, 0.2) is 0 Å². The standard InChI is InChI=1S/C19H33N3O4/c1-26-13-18(24)21-9-7-15(8-10-21)22-12-16(23)11-17(22)19(25)20-14-5-3-2-4-6-14/h14-17,23H,2-13H2,1H3,(H,20,25)/t16-,17+/m1/s1. The largest absolute Gasteiger partial charge is 0.392 e. The van der Waals surface area contributed by atoms with Crippen LogP contribution in [-0.4, -0.2) is 84.3 Å². The van der Waals surface area contributed by atoms with Crippen LogP contribution in [0.1, 0.15) is 51.4 Å². The van der Waals surface area contributed by atoms with Gasteiger partial charge in [-0.1, -0.05) is 19.3 Å². The fourth-order valence-electron chi connectivity index (χ4n) is 4.71. The van der Waals surface area contributed by atoms with E-state index < -0.39 is 6.10 Å². The van der Waals surface area contributed by atoms with Gasteiger partial charge < -0.3 is 20.1 Å². The quantitative estimate of drug-likeness (QED) is 0.740. The Balaban J connectivity index is 1.54. The number of ether oxygens (including phenoxy) is 1. The fraction of sp³-hybridized carbons (Fsp3) is 0.895. The highest BCUT2D eigenvalue weighted by Gasteiger charge is 2.41. The van der Waals surface area contributed by atoms with Gasteiger partial charge in [0.2, 0.25) is 11.8 Å². The number of methoxy groups -OCH3 is 1. The number of hydrogen-bond donors (Lipinski definition) is 2. The number of carbonyl (C=O) groups excluding carboxylic acids is 2. The smallest absolute Gasteiger partial charge is 0.248 e. The maximum atomic E-state index is 12.8. The lowest BCUT2D eigenvalue weighted by atomic mass is 9.95. The minimum atomic E-state index is -0.440. The molecule has 2 amide bonds. The molecular formula is C19H33N3O4. The van der Waals surface area contributed by atoms with Gasteiger partial charge in [0.05, 0.1) is 12.1 Å². The number of amides is 2. The van der Waals surface area contributed by atoms with E-state index >= 15 is 0 Å². The van der Waals surface area contributed by atoms with Crippen molar-refractivity contribution in [3.05, 3.63) is 0 Å². The first-order chi connectivity index (χ1) is 12.6. The Kier molecular flexibility index (Phi) is 6.89. The maximum Gasteiger partial charge on any atom is 0.248 e. The van der Waals surface area contributed by atoms with Crippen LogP contribution in [0.2, 0.25) is 0 Å². The summed E-state index contributed by atoms with van der Waals surface area (Å²) in [4.78, 5) is 28.8. The van der Waals surface area contributed by atoms with E-state index in [4.69, 9.17) is 4.74 Å². The van der Waals surface area contributed by atoms with Crippen LogP contribution in [0.5, 0.6) is 0 Å². The SMILES string of the molecule is COCC(=O)N1CCC(N2C[C@H](O)C[C@H]2C(=O)NC2CCCCC2)CC1. The van der Waals surface area contributed by atoms with Crippen molar-refractivity contribution >= 4 is 11.8 Å². The second-order valence-electron chi connectivity index (χ2n) is 7.99. The van der Waals surface area contributed by atoms with Crippen molar-refractivity contribution in [2.45, 2.75) is 75.6 Å². The van der Waals surface area contributed by atoms with E-state index in [1.54, 1.807) is 0 Å². The molecule has 2 heterocycles. The molecule has 0 radical (unpaired) electrons. The molecular weight excluding hydrogens is 334 g/mol. The van der Waals surface area contributed by atoms with Crippen molar-refractivity contribution in [3.8, 4) is 0 Å². The molecule has 0 aromatic carbocycles. The van der Waals surface area contributed by atoms with Gasteiger partial charge in [-0.15, -0.1) is 0 Å². The number of aliphatic hydroxyl groups excluding tert-OH is 1. The Labute approximate surface area is 156 Å². The van der Waals surface area contributed by atoms with Gasteiger partial charge in [-0.05, 0) is 32.1 Å². The van der Waals surface area contributed by atoms with E-state index in [9.17, 15) is 14.7 Å². The van der Waals surface area contributed by atoms with Crippen LogP contribution in [0.15, 0.2) is 0 Å². The number of piperidine rings is 1. The van der Waals surface area contributed by atoms with Gasteiger partial charge in [0.25, 0.3) is 0 Å². The van der Waals surface area contributed by atoms with Crippen molar-refractivity contribution in [1.29, 1.82) is 0 Å². The Morgan fingerprint density at radius 1 is 1.12 bits per heavy atom. The van der Waals surface area contributed by atoms with Gasteiger partial charge in [-0.3, -0.25) is 14.5 Å². The molecule has 1 saturated carbocycles. The molecule has 3 fully saturated rings. The lowest BCUT2D eigenvalue weighted by Crippen LogP contribution is -2.53. The van der Waals surface area contributed by atoms with Crippen LogP contribution < -0.4 is 5.32 Å². The number of aliphatic hydroxyl groups is 1. The van der Waals surface area contributed by atoms with Crippen molar-refractivity contribution in [3.63, 3.8) is 0 Å². The number of β-amino-alcohol motifs (C(OH)–C–C–N with tert-alkyl or cyclic N) is 1. The molecule has 0 bridgehead atoms. The van der Waals surface area contributed by atoms with Crippen LogP contribution in [0, 0.1) is 0 Å². The minimum absolute atomic E-state index is 0.0269. The molecule has 7 nitrogen and oxygen atoms in total. The molecule has 2 aliphatic heterocycles. The molecule has 0 spiro atoms. The lowest BCUT2D eigenvalue weighted by molar-refractivity contribution is -0.137. The third-order valence-electron chi connectivity index (χ3n) is 6.13. The molecule has 2 atom stereocenters. The predicted molar refractivity (Wildman–Crippen MR) is 97.6 cm³/mol. The van der Waals surface area contributed by atoms with Crippen molar-refractivity contribution < 1.29 is 19.4 Å². The summed E-state index contributed by atoms with van der Waals surface area (Å²) in [5, 5.41) is 13.4. The Bertz CT molecular complexity index is 487. The third-order valence-corrected chi connectivity index (χ3v) is 6.13. The second kappa shape index (κ2) is 9.15. The zero-order valence-electron chi connectivity index (χ0n) is 15.9. The fourth-order valence-corrected chi connectivity index (χ4v) is 4.71. The summed E-state index contributed by atoms with van der Waals surface area (Å²) < 4.78 is 4.93. The highest BCUT2D eigenvalue weighted by atomic mass is 16.5. The number of nitrogens with one attached hydrogen (secondary N) is 1. The molecule has 3 aliphatic rings. The molecule has 1 aliphatic carbocycles. The third kappa shape index (κ3) is 4.75. The first kappa shape index (κ1) is 19.6. The van der Waals surface area contributed by atoms with Crippen LogP contribution in [-0.2, 0) is 14.3 Å². The van der Waals surface area contributed by atoms with Gasteiger partial charge in [-0.2, -0.15) is 0 Å².